The van der Waals surface area contributed by atoms with Crippen molar-refractivity contribution >= 4 is 0 Å². The molecule has 2 N–H and O–H groups in total. The monoisotopic (exact) mass is 356 g/mol. The molecule has 0 atom stereocenters. The molecule has 150 valence electrons. The second kappa shape index (κ2) is 13.1. The lowest BCUT2D eigenvalue weighted by atomic mass is 9.76. The Kier molecular flexibility index (Phi) is 12.0. The Morgan fingerprint density at radius 3 is 1.28 bits per heavy atom. The summed E-state index contributed by atoms with van der Waals surface area (Å²) >= 11 is 0. The molecule has 0 radical (unpaired) electrons. The van der Waals surface area contributed by atoms with Crippen LogP contribution in [-0.2, 0) is 4.74 Å². The second-order valence-electron chi connectivity index (χ2n) is 8.24. The Hall–Kier alpha value is -0.120. The molecule has 0 bridgehead atoms. The lowest BCUT2D eigenvalue weighted by Gasteiger charge is -2.48. The molecule has 0 heterocycles. The number of unbranched alkanes of at least 4 members (excludes halogenated alkanes) is 2. The minimum atomic E-state index is -0.125. The van der Waals surface area contributed by atoms with Crippen LogP contribution in [0.1, 0.15) is 117 Å². The predicted molar refractivity (Wildman–Crippen MR) is 106 cm³/mol. The topological polar surface area (TPSA) is 49.7 Å². The Bertz CT molecular complexity index is 274. The van der Waals surface area contributed by atoms with Gasteiger partial charge < -0.3 is 14.9 Å². The van der Waals surface area contributed by atoms with Crippen molar-refractivity contribution in [1.29, 1.82) is 0 Å². The summed E-state index contributed by atoms with van der Waals surface area (Å²) in [5.74, 6) is 0. The van der Waals surface area contributed by atoms with Gasteiger partial charge in [0, 0.05) is 0 Å². The second-order valence-corrected chi connectivity index (χ2v) is 8.24. The molecule has 0 aromatic heterocycles. The maximum absolute atomic E-state index is 7.62. The average molecular weight is 357 g/mol. The van der Waals surface area contributed by atoms with Crippen molar-refractivity contribution < 1.29 is 14.9 Å². The van der Waals surface area contributed by atoms with Crippen molar-refractivity contribution in [3.8, 4) is 0 Å². The Morgan fingerprint density at radius 1 is 0.640 bits per heavy atom. The van der Waals surface area contributed by atoms with Crippen LogP contribution in [0, 0.1) is 0 Å². The van der Waals surface area contributed by atoms with Gasteiger partial charge in [0.15, 0.2) is 0 Å². The SMILES string of the molecule is CCCCC1(OC2(CCCC)CCCCC2)CCCCC1.OCCO. The molecule has 25 heavy (non-hydrogen) atoms. The lowest BCUT2D eigenvalue weighted by Crippen LogP contribution is -2.47. The highest BCUT2D eigenvalue weighted by Crippen LogP contribution is 2.45. The van der Waals surface area contributed by atoms with Crippen LogP contribution in [0.25, 0.3) is 0 Å². The Labute approximate surface area is 156 Å². The number of rotatable bonds is 9. The van der Waals surface area contributed by atoms with Crippen molar-refractivity contribution in [2.75, 3.05) is 13.2 Å². The van der Waals surface area contributed by atoms with Gasteiger partial charge in [-0.3, -0.25) is 0 Å². The number of hydrogen-bond donors (Lipinski definition) is 2. The van der Waals surface area contributed by atoms with E-state index in [1.807, 2.05) is 0 Å². The molecule has 0 amide bonds. The van der Waals surface area contributed by atoms with Crippen molar-refractivity contribution in [1.82, 2.24) is 0 Å². The highest BCUT2D eigenvalue weighted by Gasteiger charge is 2.42. The molecule has 2 aliphatic rings. The van der Waals surface area contributed by atoms with Gasteiger partial charge in [0.1, 0.15) is 0 Å². The van der Waals surface area contributed by atoms with E-state index in [9.17, 15) is 0 Å². The van der Waals surface area contributed by atoms with Gasteiger partial charge >= 0.3 is 0 Å². The van der Waals surface area contributed by atoms with E-state index in [0.29, 0.717) is 0 Å². The molecular weight excluding hydrogens is 312 g/mol. The summed E-state index contributed by atoms with van der Waals surface area (Å²) in [7, 11) is 0. The standard InChI is InChI=1S/C20H38O.C2H6O2/c1-3-5-13-19(15-9-7-10-16-19)21-20(14-6-4-2)17-11-8-12-18-20;3-1-2-4/h3-18H2,1-2H3;3-4H,1-2H2. The third-order valence-electron chi connectivity index (χ3n) is 6.03. The van der Waals surface area contributed by atoms with E-state index >= 15 is 0 Å². The van der Waals surface area contributed by atoms with Crippen LogP contribution in [0.5, 0.6) is 0 Å². The summed E-state index contributed by atoms with van der Waals surface area (Å²) in [5.41, 5.74) is 0.499. The molecule has 0 aromatic carbocycles. The number of aliphatic hydroxyl groups is 2. The summed E-state index contributed by atoms with van der Waals surface area (Å²) in [6.07, 6.45) is 21.7. The highest BCUT2D eigenvalue weighted by molar-refractivity contribution is 4.92. The first kappa shape index (κ1) is 22.9. The molecule has 3 heteroatoms. The van der Waals surface area contributed by atoms with Gasteiger partial charge in [-0.05, 0) is 38.5 Å². The molecule has 2 aliphatic carbocycles. The van der Waals surface area contributed by atoms with Crippen LogP contribution >= 0.6 is 0 Å². The zero-order chi connectivity index (χ0) is 18.4. The highest BCUT2D eigenvalue weighted by atomic mass is 16.5. The molecule has 2 saturated carbocycles. The van der Waals surface area contributed by atoms with Gasteiger partial charge in [-0.15, -0.1) is 0 Å². The maximum atomic E-state index is 7.62. The zero-order valence-corrected chi connectivity index (χ0v) is 17.0. The summed E-state index contributed by atoms with van der Waals surface area (Å²) in [6, 6.07) is 0. The predicted octanol–water partition coefficient (Wildman–Crippen LogP) is 5.76. The molecule has 0 aromatic rings. The van der Waals surface area contributed by atoms with Crippen LogP contribution in [-0.4, -0.2) is 34.6 Å². The van der Waals surface area contributed by atoms with Gasteiger partial charge in [0.05, 0.1) is 24.4 Å². The quantitative estimate of drug-likeness (QED) is 0.552. The minimum Gasteiger partial charge on any atom is -0.394 e. The molecule has 0 saturated heterocycles. The van der Waals surface area contributed by atoms with Crippen LogP contribution in [0.4, 0.5) is 0 Å². The molecular formula is C22H44O3. The third-order valence-corrected chi connectivity index (χ3v) is 6.03. The Morgan fingerprint density at radius 2 is 1.00 bits per heavy atom. The number of hydrogen-bond acceptors (Lipinski definition) is 3. The van der Waals surface area contributed by atoms with E-state index in [-0.39, 0.29) is 24.4 Å². The van der Waals surface area contributed by atoms with E-state index in [0.717, 1.165) is 0 Å². The summed E-state index contributed by atoms with van der Waals surface area (Å²) < 4.78 is 7.11. The molecule has 0 spiro atoms. The average Bonchev–Trinajstić information content (AvgIpc) is 2.66. The molecule has 2 fully saturated rings. The van der Waals surface area contributed by atoms with E-state index in [1.165, 1.54) is 103 Å². The first-order valence-electron chi connectivity index (χ1n) is 11.1. The Balaban J connectivity index is 0.000000705. The van der Waals surface area contributed by atoms with Gasteiger partial charge in [0.2, 0.25) is 0 Å². The van der Waals surface area contributed by atoms with Crippen molar-refractivity contribution in [3.63, 3.8) is 0 Å². The van der Waals surface area contributed by atoms with Crippen molar-refractivity contribution in [3.05, 3.63) is 0 Å². The fourth-order valence-electron chi connectivity index (χ4n) is 4.66. The van der Waals surface area contributed by atoms with E-state index in [4.69, 9.17) is 14.9 Å². The first-order valence-corrected chi connectivity index (χ1v) is 11.1. The van der Waals surface area contributed by atoms with E-state index < -0.39 is 0 Å². The zero-order valence-electron chi connectivity index (χ0n) is 17.0. The van der Waals surface area contributed by atoms with Gasteiger partial charge in [-0.25, -0.2) is 0 Å². The van der Waals surface area contributed by atoms with E-state index in [1.54, 1.807) is 0 Å². The van der Waals surface area contributed by atoms with Gasteiger partial charge in [0.25, 0.3) is 0 Å². The largest absolute Gasteiger partial charge is 0.394 e. The van der Waals surface area contributed by atoms with Crippen LogP contribution < -0.4 is 0 Å². The van der Waals surface area contributed by atoms with Crippen LogP contribution in [0.2, 0.25) is 0 Å². The van der Waals surface area contributed by atoms with Crippen LogP contribution in [0.3, 0.4) is 0 Å². The summed E-state index contributed by atoms with van der Waals surface area (Å²) in [6.45, 7) is 4.40. The smallest absolute Gasteiger partial charge is 0.0690 e. The minimum absolute atomic E-state index is 0.125. The number of ether oxygens (including phenoxy) is 1. The molecule has 0 unspecified atom stereocenters. The van der Waals surface area contributed by atoms with Crippen molar-refractivity contribution in [2.24, 2.45) is 0 Å². The lowest BCUT2D eigenvalue weighted by molar-refractivity contribution is -0.192. The van der Waals surface area contributed by atoms with Gasteiger partial charge in [-0.1, -0.05) is 78.1 Å². The van der Waals surface area contributed by atoms with Gasteiger partial charge in [-0.2, -0.15) is 0 Å². The first-order chi connectivity index (χ1) is 12.2. The molecule has 0 aliphatic heterocycles. The molecule has 3 nitrogen and oxygen atoms in total. The van der Waals surface area contributed by atoms with Crippen LogP contribution in [0.15, 0.2) is 0 Å². The molecule has 2 rings (SSSR count). The maximum Gasteiger partial charge on any atom is 0.0690 e. The summed E-state index contributed by atoms with van der Waals surface area (Å²) in [4.78, 5) is 0. The third kappa shape index (κ3) is 8.41. The number of aliphatic hydroxyl groups excluding tert-OH is 2. The fraction of sp³-hybridized carbons (Fsp3) is 1.00. The van der Waals surface area contributed by atoms with E-state index in [2.05, 4.69) is 13.8 Å². The van der Waals surface area contributed by atoms with Crippen molar-refractivity contribution in [2.45, 2.75) is 128 Å². The normalized spacial score (nSPS) is 22.1. The fourth-order valence-corrected chi connectivity index (χ4v) is 4.66. The summed E-state index contributed by atoms with van der Waals surface area (Å²) in [5, 5.41) is 15.2.